The minimum absolute atomic E-state index is 0.0278. The molecule has 0 bridgehead atoms. The number of carboxylic acid groups (broad SMARTS) is 1. The van der Waals surface area contributed by atoms with E-state index in [-0.39, 0.29) is 12.2 Å². The summed E-state index contributed by atoms with van der Waals surface area (Å²) in [5, 5.41) is 15.4. The fourth-order valence-electron chi connectivity index (χ4n) is 1.22. The Morgan fingerprint density at radius 3 is 2.61 bits per heavy atom. The molecule has 7 nitrogen and oxygen atoms in total. The molecular weight excluding hydrogens is 238 g/mol. The van der Waals surface area contributed by atoms with Crippen LogP contribution in [0, 0.1) is 5.41 Å². The molecule has 7 heteroatoms. The lowest BCUT2D eigenvalue weighted by Gasteiger charge is -2.18. The van der Waals surface area contributed by atoms with Crippen LogP contribution in [0.4, 0.5) is 0 Å². The van der Waals surface area contributed by atoms with Crippen molar-refractivity contribution in [3.63, 3.8) is 0 Å². The van der Waals surface area contributed by atoms with Crippen LogP contribution in [0.5, 0.6) is 5.88 Å². The van der Waals surface area contributed by atoms with E-state index in [9.17, 15) is 9.59 Å². The summed E-state index contributed by atoms with van der Waals surface area (Å²) in [7, 11) is 3.13. The van der Waals surface area contributed by atoms with Gasteiger partial charge in [0, 0.05) is 19.7 Å². The summed E-state index contributed by atoms with van der Waals surface area (Å²) >= 11 is 0. The fraction of sp³-hybridized carbons (Fsp3) is 0.545. The molecule has 0 atom stereocenters. The van der Waals surface area contributed by atoms with Gasteiger partial charge in [-0.25, -0.2) is 4.68 Å². The number of hydrogen-bond acceptors (Lipinski definition) is 4. The van der Waals surface area contributed by atoms with Crippen molar-refractivity contribution >= 4 is 11.9 Å². The Labute approximate surface area is 105 Å². The van der Waals surface area contributed by atoms with Gasteiger partial charge in [-0.3, -0.25) is 9.59 Å². The number of methoxy groups -OCH3 is 1. The van der Waals surface area contributed by atoms with Gasteiger partial charge >= 0.3 is 5.97 Å². The van der Waals surface area contributed by atoms with Crippen molar-refractivity contribution in [1.29, 1.82) is 0 Å². The lowest BCUT2D eigenvalue weighted by molar-refractivity contribution is -0.146. The normalized spacial score (nSPS) is 11.1. The van der Waals surface area contributed by atoms with Crippen LogP contribution in [0.1, 0.15) is 24.3 Å². The highest BCUT2D eigenvalue weighted by Gasteiger charge is 2.28. The second kappa shape index (κ2) is 5.07. The standard InChI is InChI=1S/C11H17N3O4/c1-11(2,10(16)17)6-12-9(15)7-5-8(18-4)14(3)13-7/h5H,6H2,1-4H3,(H,12,15)(H,16,17). The van der Waals surface area contributed by atoms with Crippen LogP contribution in [0.3, 0.4) is 0 Å². The van der Waals surface area contributed by atoms with Gasteiger partial charge in [0.25, 0.3) is 5.91 Å². The zero-order chi connectivity index (χ0) is 13.9. The van der Waals surface area contributed by atoms with Crippen molar-refractivity contribution in [2.75, 3.05) is 13.7 Å². The molecular formula is C11H17N3O4. The molecule has 0 aliphatic heterocycles. The predicted molar refractivity (Wildman–Crippen MR) is 63.5 cm³/mol. The first-order chi connectivity index (χ1) is 8.27. The monoisotopic (exact) mass is 255 g/mol. The van der Waals surface area contributed by atoms with Gasteiger partial charge in [0.15, 0.2) is 5.69 Å². The number of carbonyl (C=O) groups excluding carboxylic acids is 1. The number of carboxylic acids is 1. The third-order valence-electron chi connectivity index (χ3n) is 2.55. The average Bonchev–Trinajstić information content (AvgIpc) is 2.67. The second-order valence-corrected chi connectivity index (χ2v) is 4.57. The Bertz CT molecular complexity index is 465. The van der Waals surface area contributed by atoms with Crippen LogP contribution in [-0.2, 0) is 11.8 Å². The van der Waals surface area contributed by atoms with Crippen molar-refractivity contribution in [2.24, 2.45) is 12.5 Å². The maximum absolute atomic E-state index is 11.8. The van der Waals surface area contributed by atoms with E-state index in [2.05, 4.69) is 10.4 Å². The maximum atomic E-state index is 11.8. The number of ether oxygens (including phenoxy) is 1. The van der Waals surface area contributed by atoms with Crippen molar-refractivity contribution in [3.05, 3.63) is 11.8 Å². The molecule has 1 aromatic heterocycles. The Balaban J connectivity index is 2.69. The smallest absolute Gasteiger partial charge is 0.310 e. The third-order valence-corrected chi connectivity index (χ3v) is 2.55. The summed E-state index contributed by atoms with van der Waals surface area (Å²) in [5.41, 5.74) is -0.829. The van der Waals surface area contributed by atoms with Crippen molar-refractivity contribution in [2.45, 2.75) is 13.8 Å². The molecule has 0 aromatic carbocycles. The molecule has 1 heterocycles. The van der Waals surface area contributed by atoms with Gasteiger partial charge in [0.05, 0.1) is 12.5 Å². The molecule has 0 fully saturated rings. The average molecular weight is 255 g/mol. The minimum Gasteiger partial charge on any atom is -0.481 e. The highest BCUT2D eigenvalue weighted by molar-refractivity contribution is 5.93. The van der Waals surface area contributed by atoms with Gasteiger partial charge in [-0.05, 0) is 13.8 Å². The Hall–Kier alpha value is -2.05. The number of nitrogens with one attached hydrogen (secondary N) is 1. The quantitative estimate of drug-likeness (QED) is 0.787. The molecule has 100 valence electrons. The van der Waals surface area contributed by atoms with E-state index >= 15 is 0 Å². The lowest BCUT2D eigenvalue weighted by atomic mass is 9.94. The summed E-state index contributed by atoms with van der Waals surface area (Å²) < 4.78 is 6.41. The van der Waals surface area contributed by atoms with Crippen molar-refractivity contribution < 1.29 is 19.4 Å². The first-order valence-electron chi connectivity index (χ1n) is 5.37. The Morgan fingerprint density at radius 1 is 1.56 bits per heavy atom. The van der Waals surface area contributed by atoms with Crippen molar-refractivity contribution in [3.8, 4) is 5.88 Å². The fourth-order valence-corrected chi connectivity index (χ4v) is 1.22. The van der Waals surface area contributed by atoms with Crippen LogP contribution in [0.2, 0.25) is 0 Å². The lowest BCUT2D eigenvalue weighted by Crippen LogP contribution is -2.39. The van der Waals surface area contributed by atoms with Crippen LogP contribution >= 0.6 is 0 Å². The van der Waals surface area contributed by atoms with Crippen LogP contribution in [-0.4, -0.2) is 40.4 Å². The number of aromatic nitrogens is 2. The minimum atomic E-state index is -1.02. The summed E-state index contributed by atoms with van der Waals surface area (Å²) in [6.07, 6.45) is 0. The summed E-state index contributed by atoms with van der Waals surface area (Å²) in [6, 6.07) is 1.49. The molecule has 18 heavy (non-hydrogen) atoms. The van der Waals surface area contributed by atoms with Gasteiger partial charge in [-0.2, -0.15) is 5.10 Å². The summed E-state index contributed by atoms with van der Waals surface area (Å²) in [4.78, 5) is 22.6. The second-order valence-electron chi connectivity index (χ2n) is 4.57. The van der Waals surface area contributed by atoms with Crippen LogP contribution in [0.25, 0.3) is 0 Å². The van der Waals surface area contributed by atoms with E-state index in [0.717, 1.165) is 0 Å². The number of carbonyl (C=O) groups is 2. The zero-order valence-electron chi connectivity index (χ0n) is 10.9. The van der Waals surface area contributed by atoms with E-state index < -0.39 is 17.3 Å². The number of hydrogen-bond donors (Lipinski definition) is 2. The first-order valence-corrected chi connectivity index (χ1v) is 5.37. The molecule has 2 N–H and O–H groups in total. The summed E-state index contributed by atoms with van der Waals surface area (Å²) in [5.74, 6) is -0.942. The van der Waals surface area contributed by atoms with E-state index in [1.807, 2.05) is 0 Å². The molecule has 0 aliphatic rings. The van der Waals surface area contributed by atoms with E-state index in [1.165, 1.54) is 31.7 Å². The van der Waals surface area contributed by atoms with E-state index in [4.69, 9.17) is 9.84 Å². The molecule has 0 spiro atoms. The Morgan fingerprint density at radius 2 is 2.17 bits per heavy atom. The Kier molecular flexibility index (Phi) is 3.95. The predicted octanol–water partition coefficient (Wildman–Crippen LogP) is 0.269. The molecule has 1 rings (SSSR count). The van der Waals surface area contributed by atoms with Gasteiger partial charge < -0.3 is 15.2 Å². The molecule has 0 aliphatic carbocycles. The molecule has 0 saturated carbocycles. The molecule has 0 saturated heterocycles. The van der Waals surface area contributed by atoms with Crippen LogP contribution in [0.15, 0.2) is 6.07 Å². The van der Waals surface area contributed by atoms with E-state index in [0.29, 0.717) is 5.88 Å². The van der Waals surface area contributed by atoms with Gasteiger partial charge in [-0.1, -0.05) is 0 Å². The molecule has 0 radical (unpaired) electrons. The van der Waals surface area contributed by atoms with Gasteiger partial charge in [0.1, 0.15) is 0 Å². The maximum Gasteiger partial charge on any atom is 0.310 e. The first kappa shape index (κ1) is 14.0. The number of nitrogens with zero attached hydrogens (tertiary/aromatic N) is 2. The third kappa shape index (κ3) is 2.99. The molecule has 0 unspecified atom stereocenters. The molecule has 1 aromatic rings. The highest BCUT2D eigenvalue weighted by Crippen LogP contribution is 2.14. The van der Waals surface area contributed by atoms with Gasteiger partial charge in [-0.15, -0.1) is 0 Å². The largest absolute Gasteiger partial charge is 0.481 e. The highest BCUT2D eigenvalue weighted by atomic mass is 16.5. The number of aryl methyl sites for hydroxylation is 1. The van der Waals surface area contributed by atoms with Crippen LogP contribution < -0.4 is 10.1 Å². The zero-order valence-corrected chi connectivity index (χ0v) is 10.9. The topological polar surface area (TPSA) is 93.4 Å². The van der Waals surface area contributed by atoms with E-state index in [1.54, 1.807) is 7.05 Å². The van der Waals surface area contributed by atoms with Gasteiger partial charge in [0.2, 0.25) is 5.88 Å². The SMILES string of the molecule is COc1cc(C(=O)NCC(C)(C)C(=O)O)nn1C. The summed E-state index contributed by atoms with van der Waals surface area (Å²) in [6.45, 7) is 3.10. The number of rotatable bonds is 5. The number of amides is 1. The van der Waals surface area contributed by atoms with Crippen molar-refractivity contribution in [1.82, 2.24) is 15.1 Å². The number of aliphatic carboxylic acids is 1. The molecule has 1 amide bonds.